The average molecular weight is 396 g/mol. The highest BCUT2D eigenvalue weighted by Gasteiger charge is 2.38. The molecule has 0 saturated heterocycles. The lowest BCUT2D eigenvalue weighted by molar-refractivity contribution is -0.0256. The number of ether oxygens (including phenoxy) is 1. The Morgan fingerprint density at radius 1 is 0.750 bits per heavy atom. The Bertz CT molecular complexity index is 519. The summed E-state index contributed by atoms with van der Waals surface area (Å²) in [7, 11) is 0. The fourth-order valence-electron chi connectivity index (χ4n) is 3.73. The molecule has 162 valence electrons. The molecule has 0 aliphatic rings. The van der Waals surface area contributed by atoms with Gasteiger partial charge in [-0.1, -0.05) is 47.6 Å². The minimum atomic E-state index is -0.500. The Morgan fingerprint density at radius 3 is 1.46 bits per heavy atom. The Balaban J connectivity index is 3.36. The molecule has 0 amide bonds. The third-order valence-electron chi connectivity index (χ3n) is 5.63. The number of rotatable bonds is 14. The first-order valence-corrected chi connectivity index (χ1v) is 11.0. The molecule has 0 aliphatic heterocycles. The van der Waals surface area contributed by atoms with Crippen molar-refractivity contribution in [2.24, 2.45) is 0 Å². The molecule has 1 aromatic rings. The average Bonchev–Trinajstić information content (AvgIpc) is 2.70. The summed E-state index contributed by atoms with van der Waals surface area (Å²) in [6, 6.07) is 5.27. The summed E-state index contributed by atoms with van der Waals surface area (Å²) in [5.74, 6) is 0.0834. The molecule has 1 rings (SSSR count). The monoisotopic (exact) mass is 395 g/mol. The van der Waals surface area contributed by atoms with E-state index in [-0.39, 0.29) is 5.82 Å². The van der Waals surface area contributed by atoms with Crippen molar-refractivity contribution >= 4 is 0 Å². The Hall–Kier alpha value is -1.17. The molecule has 0 unspecified atom stereocenters. The highest BCUT2D eigenvalue weighted by molar-refractivity contribution is 5.29. The lowest BCUT2D eigenvalue weighted by Crippen LogP contribution is -2.60. The second kappa shape index (κ2) is 12.4. The van der Waals surface area contributed by atoms with Gasteiger partial charge in [0.25, 0.3) is 0 Å². The van der Waals surface area contributed by atoms with Gasteiger partial charge in [0.1, 0.15) is 5.60 Å². The molecule has 0 radical (unpaired) electrons. The first-order chi connectivity index (χ1) is 13.4. The maximum Gasteiger partial charge on any atom is 0.165 e. The molecule has 5 heteroatoms. The third kappa shape index (κ3) is 7.34. The van der Waals surface area contributed by atoms with Crippen molar-refractivity contribution in [1.29, 1.82) is 0 Å². The van der Waals surface area contributed by atoms with Crippen LogP contribution in [0.4, 0.5) is 4.39 Å². The van der Waals surface area contributed by atoms with Crippen LogP contribution in [0, 0.1) is 12.7 Å². The molecular formula is C23H42FN3O. The van der Waals surface area contributed by atoms with Crippen LogP contribution in [0.1, 0.15) is 47.1 Å². The maximum absolute atomic E-state index is 14.7. The Kier molecular flexibility index (Phi) is 11.0. The van der Waals surface area contributed by atoms with Crippen molar-refractivity contribution in [3.05, 3.63) is 29.6 Å². The second-order valence-corrected chi connectivity index (χ2v) is 7.60. The highest BCUT2D eigenvalue weighted by atomic mass is 19.1. The van der Waals surface area contributed by atoms with Gasteiger partial charge in [-0.2, -0.15) is 0 Å². The number of hydrogen-bond donors (Lipinski definition) is 0. The predicted octanol–water partition coefficient (Wildman–Crippen LogP) is 4.28. The summed E-state index contributed by atoms with van der Waals surface area (Å²) in [5.41, 5.74) is 0.409. The van der Waals surface area contributed by atoms with E-state index in [0.717, 1.165) is 64.5 Å². The molecule has 0 bridgehead atoms. The van der Waals surface area contributed by atoms with E-state index in [4.69, 9.17) is 4.74 Å². The number of nitrogens with zero attached hydrogens (tertiary/aromatic N) is 3. The minimum Gasteiger partial charge on any atom is -0.480 e. The van der Waals surface area contributed by atoms with Gasteiger partial charge in [0.15, 0.2) is 11.6 Å². The summed E-state index contributed by atoms with van der Waals surface area (Å²) in [5, 5.41) is 0. The van der Waals surface area contributed by atoms with Crippen LogP contribution in [-0.4, -0.2) is 79.2 Å². The lowest BCUT2D eigenvalue weighted by Gasteiger charge is -2.43. The summed E-state index contributed by atoms with van der Waals surface area (Å²) in [4.78, 5) is 7.16. The molecule has 0 aromatic heterocycles. The van der Waals surface area contributed by atoms with Gasteiger partial charge in [-0.15, -0.1) is 0 Å². The molecule has 28 heavy (non-hydrogen) atoms. The van der Waals surface area contributed by atoms with Crippen molar-refractivity contribution < 1.29 is 9.13 Å². The zero-order valence-corrected chi connectivity index (χ0v) is 19.2. The van der Waals surface area contributed by atoms with Crippen LogP contribution in [0.3, 0.4) is 0 Å². The smallest absolute Gasteiger partial charge is 0.165 e. The number of halogens is 1. The van der Waals surface area contributed by atoms with E-state index in [1.165, 1.54) is 0 Å². The van der Waals surface area contributed by atoms with Gasteiger partial charge >= 0.3 is 0 Å². The number of likely N-dealkylation sites (N-methyl/N-ethyl adjacent to an activating group) is 3. The van der Waals surface area contributed by atoms with Crippen molar-refractivity contribution in [3.63, 3.8) is 0 Å². The van der Waals surface area contributed by atoms with Crippen LogP contribution in [0.5, 0.6) is 5.75 Å². The number of benzene rings is 1. The van der Waals surface area contributed by atoms with E-state index in [1.54, 1.807) is 12.1 Å². The topological polar surface area (TPSA) is 19.0 Å². The SMILES string of the molecule is CCN(CC)CC(CN(CC)CC)(CN(CC)CC)Oc1ccc(C)cc1F. The molecule has 1 aromatic carbocycles. The first-order valence-electron chi connectivity index (χ1n) is 11.0. The van der Waals surface area contributed by atoms with Crippen molar-refractivity contribution in [2.75, 3.05) is 58.9 Å². The van der Waals surface area contributed by atoms with Gasteiger partial charge in [0.05, 0.1) is 0 Å². The largest absolute Gasteiger partial charge is 0.480 e. The van der Waals surface area contributed by atoms with Crippen LogP contribution in [0.2, 0.25) is 0 Å². The van der Waals surface area contributed by atoms with Gasteiger partial charge in [-0.05, 0) is 63.9 Å². The summed E-state index contributed by atoms with van der Waals surface area (Å²) >= 11 is 0. The zero-order chi connectivity index (χ0) is 21.2. The predicted molar refractivity (Wildman–Crippen MR) is 118 cm³/mol. The standard InChI is InChI=1S/C23H42FN3O/c1-8-25(9-2)17-23(18-26(10-3)11-4,19-27(12-5)13-6)28-22-15-14-20(7)16-21(22)24/h14-16H,8-13,17-19H2,1-7H3. The first kappa shape index (κ1) is 24.9. The molecule has 4 nitrogen and oxygen atoms in total. The van der Waals surface area contributed by atoms with E-state index in [0.29, 0.717) is 5.75 Å². The van der Waals surface area contributed by atoms with Gasteiger partial charge in [-0.25, -0.2) is 4.39 Å². The van der Waals surface area contributed by atoms with Crippen LogP contribution >= 0.6 is 0 Å². The second-order valence-electron chi connectivity index (χ2n) is 7.60. The number of aryl methyl sites for hydroxylation is 1. The summed E-state index contributed by atoms with van der Waals surface area (Å²) in [6.45, 7) is 23.0. The zero-order valence-electron chi connectivity index (χ0n) is 19.2. The van der Waals surface area contributed by atoms with E-state index in [9.17, 15) is 4.39 Å². The molecule has 0 saturated carbocycles. The summed E-state index contributed by atoms with van der Waals surface area (Å²) in [6.07, 6.45) is 0. The van der Waals surface area contributed by atoms with Crippen LogP contribution in [-0.2, 0) is 0 Å². The van der Waals surface area contributed by atoms with Gasteiger partial charge in [0, 0.05) is 19.6 Å². The quantitative estimate of drug-likeness (QED) is 0.468. The third-order valence-corrected chi connectivity index (χ3v) is 5.63. The fraction of sp³-hybridized carbons (Fsp3) is 0.739. The normalized spacial score (nSPS) is 12.4. The molecule has 0 fully saturated rings. The molecule has 0 atom stereocenters. The van der Waals surface area contributed by atoms with Gasteiger partial charge in [-0.3, -0.25) is 14.7 Å². The van der Waals surface area contributed by atoms with E-state index in [2.05, 4.69) is 56.2 Å². The van der Waals surface area contributed by atoms with Gasteiger partial charge < -0.3 is 4.74 Å². The van der Waals surface area contributed by atoms with Crippen molar-refractivity contribution in [2.45, 2.75) is 54.1 Å². The minimum absolute atomic E-state index is 0.275. The van der Waals surface area contributed by atoms with Crippen molar-refractivity contribution in [1.82, 2.24) is 14.7 Å². The van der Waals surface area contributed by atoms with E-state index >= 15 is 0 Å². The van der Waals surface area contributed by atoms with Crippen LogP contribution in [0.25, 0.3) is 0 Å². The fourth-order valence-corrected chi connectivity index (χ4v) is 3.73. The van der Waals surface area contributed by atoms with Crippen LogP contribution in [0.15, 0.2) is 18.2 Å². The Morgan fingerprint density at radius 2 is 1.14 bits per heavy atom. The molecule has 0 aliphatic carbocycles. The van der Waals surface area contributed by atoms with Crippen LogP contribution < -0.4 is 4.74 Å². The van der Waals surface area contributed by atoms with E-state index in [1.807, 2.05) is 13.0 Å². The molecular weight excluding hydrogens is 353 g/mol. The van der Waals surface area contributed by atoms with E-state index < -0.39 is 5.60 Å². The van der Waals surface area contributed by atoms with Crippen molar-refractivity contribution in [3.8, 4) is 5.75 Å². The molecule has 0 N–H and O–H groups in total. The number of hydrogen-bond acceptors (Lipinski definition) is 4. The Labute approximate surface area is 172 Å². The molecule has 0 spiro atoms. The molecule has 0 heterocycles. The van der Waals surface area contributed by atoms with Gasteiger partial charge in [0.2, 0.25) is 0 Å². The highest BCUT2D eigenvalue weighted by Crippen LogP contribution is 2.26. The maximum atomic E-state index is 14.7. The summed E-state index contributed by atoms with van der Waals surface area (Å²) < 4.78 is 21.3. The lowest BCUT2D eigenvalue weighted by atomic mass is 9.99.